The van der Waals surface area contributed by atoms with Crippen LogP contribution in [0.4, 0.5) is 0 Å². The molecule has 0 aliphatic rings. The number of carbonyl (C=O) groups excluding carboxylic acids is 1. The smallest absolute Gasteiger partial charge is 0.333 e. The van der Waals surface area contributed by atoms with Crippen LogP contribution in [0.15, 0.2) is 33.2 Å². The van der Waals surface area contributed by atoms with Crippen molar-refractivity contribution in [2.75, 3.05) is 13.2 Å². The van der Waals surface area contributed by atoms with Crippen LogP contribution < -0.4 is 4.74 Å². The summed E-state index contributed by atoms with van der Waals surface area (Å²) in [6.07, 6.45) is 5.00. The molecule has 1 aromatic carbocycles. The van der Waals surface area contributed by atoms with E-state index >= 15 is 0 Å². The van der Waals surface area contributed by atoms with Crippen molar-refractivity contribution in [3.63, 3.8) is 0 Å². The van der Waals surface area contributed by atoms with Crippen LogP contribution in [0.25, 0.3) is 0 Å². The van der Waals surface area contributed by atoms with E-state index in [-0.39, 0.29) is 5.97 Å². The van der Waals surface area contributed by atoms with Gasteiger partial charge in [0.05, 0.1) is 17.7 Å². The lowest BCUT2D eigenvalue weighted by molar-refractivity contribution is -0.139. The second-order valence-electron chi connectivity index (χ2n) is 6.29. The fourth-order valence-electron chi connectivity index (χ4n) is 2.34. The van der Waals surface area contributed by atoms with Crippen LogP contribution in [0, 0.1) is 0 Å². The van der Waals surface area contributed by atoms with Crippen LogP contribution in [-0.2, 0) is 9.53 Å². The summed E-state index contributed by atoms with van der Waals surface area (Å²) in [7, 11) is 0. The van der Waals surface area contributed by atoms with E-state index in [1.165, 1.54) is 5.56 Å². The number of benzene rings is 1. The van der Waals surface area contributed by atoms with Crippen molar-refractivity contribution < 1.29 is 14.3 Å². The Bertz CT molecular complexity index is 585. The van der Waals surface area contributed by atoms with Gasteiger partial charge in [-0.3, -0.25) is 0 Å². The number of hydrogen-bond donors (Lipinski definition) is 0. The number of unbranched alkanes of at least 4 members (excludes halogenated alkanes) is 3. The van der Waals surface area contributed by atoms with E-state index in [0.717, 1.165) is 46.8 Å². The molecule has 5 heteroatoms. The number of halogens is 2. The molecular formula is C20H28Br2O3. The maximum Gasteiger partial charge on any atom is 0.333 e. The number of carbonyl (C=O) groups is 1. The molecule has 1 atom stereocenters. The predicted molar refractivity (Wildman–Crippen MR) is 110 cm³/mol. The molecule has 25 heavy (non-hydrogen) atoms. The van der Waals surface area contributed by atoms with Crippen LogP contribution >= 0.6 is 31.9 Å². The van der Waals surface area contributed by atoms with E-state index < -0.39 is 0 Å². The Hall–Kier alpha value is -0.810. The van der Waals surface area contributed by atoms with Gasteiger partial charge in [0.25, 0.3) is 0 Å². The highest BCUT2D eigenvalue weighted by Gasteiger charge is 2.15. The monoisotopic (exact) mass is 474 g/mol. The Balaban J connectivity index is 2.35. The molecule has 0 spiro atoms. The minimum absolute atomic E-state index is 0.305. The van der Waals surface area contributed by atoms with Gasteiger partial charge in [0.15, 0.2) is 0 Å². The third-order valence-electron chi connectivity index (χ3n) is 4.05. The molecule has 3 nitrogen and oxygen atoms in total. The summed E-state index contributed by atoms with van der Waals surface area (Å²) in [4.78, 5) is 11.3. The Labute approximate surface area is 168 Å². The van der Waals surface area contributed by atoms with Gasteiger partial charge >= 0.3 is 5.97 Å². The van der Waals surface area contributed by atoms with Crippen LogP contribution in [-0.4, -0.2) is 19.2 Å². The number of hydrogen-bond acceptors (Lipinski definition) is 3. The van der Waals surface area contributed by atoms with E-state index in [0.29, 0.717) is 24.7 Å². The molecule has 0 heterocycles. The molecule has 0 saturated heterocycles. The first-order chi connectivity index (χ1) is 11.9. The van der Waals surface area contributed by atoms with Crippen LogP contribution in [0.3, 0.4) is 0 Å². The van der Waals surface area contributed by atoms with Gasteiger partial charge < -0.3 is 9.47 Å². The summed E-state index contributed by atoms with van der Waals surface area (Å²) < 4.78 is 13.2. The van der Waals surface area contributed by atoms with Crippen molar-refractivity contribution >= 4 is 37.8 Å². The molecule has 1 unspecified atom stereocenters. The van der Waals surface area contributed by atoms with Crippen LogP contribution in [0.2, 0.25) is 0 Å². The lowest BCUT2D eigenvalue weighted by Crippen LogP contribution is -2.06. The number of ether oxygens (including phenoxy) is 2. The van der Waals surface area contributed by atoms with Crippen LogP contribution in [0.5, 0.6) is 5.75 Å². The summed E-state index contributed by atoms with van der Waals surface area (Å²) in [5.74, 6) is 1.10. The summed E-state index contributed by atoms with van der Waals surface area (Å²) in [6.45, 7) is 10.8. The van der Waals surface area contributed by atoms with E-state index in [1.54, 1.807) is 6.92 Å². The third-order valence-corrected chi connectivity index (χ3v) is 5.09. The first kappa shape index (κ1) is 22.2. The Morgan fingerprint density at radius 1 is 1.16 bits per heavy atom. The first-order valence-corrected chi connectivity index (χ1v) is 10.4. The standard InChI is InChI=1S/C20H28Br2O3/c1-5-15(4)17-12-16(21)13-18(22)19(17)24-10-8-6-7-9-11-25-20(23)14(2)3/h12-13,15H,2,5-11H2,1,3-4H3. The summed E-state index contributed by atoms with van der Waals surface area (Å²) in [5, 5.41) is 0. The average Bonchev–Trinajstić information content (AvgIpc) is 2.57. The SMILES string of the molecule is C=C(C)C(=O)OCCCCCCOc1c(Br)cc(Br)cc1C(C)CC. The summed E-state index contributed by atoms with van der Waals surface area (Å²) >= 11 is 7.17. The molecule has 0 fully saturated rings. The zero-order valence-corrected chi connectivity index (χ0v) is 18.5. The number of rotatable bonds is 11. The zero-order valence-electron chi connectivity index (χ0n) is 15.4. The Morgan fingerprint density at radius 2 is 1.80 bits per heavy atom. The normalized spacial score (nSPS) is 11.9. The zero-order chi connectivity index (χ0) is 18.8. The van der Waals surface area contributed by atoms with E-state index in [9.17, 15) is 4.79 Å². The van der Waals surface area contributed by atoms with Crippen molar-refractivity contribution in [2.45, 2.75) is 58.8 Å². The quantitative estimate of drug-likeness (QED) is 0.201. The Kier molecular flexibility index (Phi) is 10.4. The minimum Gasteiger partial charge on any atom is -0.492 e. The van der Waals surface area contributed by atoms with Crippen molar-refractivity contribution in [3.8, 4) is 5.75 Å². The molecule has 0 aliphatic carbocycles. The second kappa shape index (κ2) is 11.7. The predicted octanol–water partition coefficient (Wildman–Crippen LogP) is 6.78. The highest BCUT2D eigenvalue weighted by Crippen LogP contribution is 2.38. The lowest BCUT2D eigenvalue weighted by atomic mass is 9.98. The van der Waals surface area contributed by atoms with Crippen molar-refractivity contribution in [1.29, 1.82) is 0 Å². The first-order valence-electron chi connectivity index (χ1n) is 8.81. The van der Waals surface area contributed by atoms with Crippen molar-refractivity contribution in [1.82, 2.24) is 0 Å². The average molecular weight is 476 g/mol. The molecule has 0 saturated carbocycles. The molecule has 0 amide bonds. The van der Waals surface area contributed by atoms with Gasteiger partial charge in [0.1, 0.15) is 5.75 Å². The lowest BCUT2D eigenvalue weighted by Gasteiger charge is -2.18. The highest BCUT2D eigenvalue weighted by atomic mass is 79.9. The maximum atomic E-state index is 11.3. The molecule has 140 valence electrons. The third kappa shape index (κ3) is 7.95. The van der Waals surface area contributed by atoms with Gasteiger partial charge in [-0.25, -0.2) is 4.79 Å². The molecule has 0 bridgehead atoms. The Morgan fingerprint density at radius 3 is 2.40 bits per heavy atom. The molecular weight excluding hydrogens is 448 g/mol. The van der Waals surface area contributed by atoms with E-state index in [1.807, 2.05) is 6.07 Å². The fraction of sp³-hybridized carbons (Fsp3) is 0.550. The second-order valence-corrected chi connectivity index (χ2v) is 8.06. The van der Waals surface area contributed by atoms with Crippen LogP contribution in [0.1, 0.15) is 64.4 Å². The molecule has 0 radical (unpaired) electrons. The molecule has 1 aromatic rings. The van der Waals surface area contributed by atoms with Gasteiger partial charge in [-0.05, 0) is 78.6 Å². The van der Waals surface area contributed by atoms with Crippen molar-refractivity contribution in [2.24, 2.45) is 0 Å². The molecule has 1 rings (SSSR count). The van der Waals surface area contributed by atoms with E-state index in [4.69, 9.17) is 9.47 Å². The van der Waals surface area contributed by atoms with E-state index in [2.05, 4.69) is 58.4 Å². The fourth-order valence-corrected chi connectivity index (χ4v) is 3.71. The van der Waals surface area contributed by atoms with Gasteiger partial charge in [-0.1, -0.05) is 36.4 Å². The topological polar surface area (TPSA) is 35.5 Å². The highest BCUT2D eigenvalue weighted by molar-refractivity contribution is 9.11. The maximum absolute atomic E-state index is 11.3. The minimum atomic E-state index is -0.305. The van der Waals surface area contributed by atoms with Gasteiger partial charge in [-0.2, -0.15) is 0 Å². The van der Waals surface area contributed by atoms with Gasteiger partial charge in [0.2, 0.25) is 0 Å². The molecule has 0 aliphatic heterocycles. The summed E-state index contributed by atoms with van der Waals surface area (Å²) in [6, 6.07) is 4.17. The number of esters is 1. The van der Waals surface area contributed by atoms with Crippen molar-refractivity contribution in [3.05, 3.63) is 38.8 Å². The largest absolute Gasteiger partial charge is 0.492 e. The molecule has 0 aromatic heterocycles. The van der Waals surface area contributed by atoms with Gasteiger partial charge in [-0.15, -0.1) is 0 Å². The summed E-state index contributed by atoms with van der Waals surface area (Å²) in [5.41, 5.74) is 1.68. The van der Waals surface area contributed by atoms with Gasteiger partial charge in [0, 0.05) is 10.0 Å². The molecule has 0 N–H and O–H groups in total.